The summed E-state index contributed by atoms with van der Waals surface area (Å²) < 4.78 is 11.4. The highest BCUT2D eigenvalue weighted by atomic mass is 16.5. The van der Waals surface area contributed by atoms with Crippen LogP contribution in [-0.2, 0) is 14.3 Å². The van der Waals surface area contributed by atoms with Crippen LogP contribution in [0.15, 0.2) is 69.8 Å². The van der Waals surface area contributed by atoms with Crippen molar-refractivity contribution in [3.63, 3.8) is 0 Å². The number of nitrogens with zero attached hydrogens (tertiary/aromatic N) is 3. The van der Waals surface area contributed by atoms with Crippen molar-refractivity contribution >= 4 is 18.0 Å². The quantitative estimate of drug-likeness (QED) is 0.152. The Hall–Kier alpha value is -2.97. The van der Waals surface area contributed by atoms with Crippen LogP contribution in [-0.4, -0.2) is 68.9 Å². The summed E-state index contributed by atoms with van der Waals surface area (Å²) in [4.78, 5) is 22.3. The van der Waals surface area contributed by atoms with Crippen molar-refractivity contribution < 1.29 is 14.3 Å². The first-order valence-electron chi connectivity index (χ1n) is 14.7. The number of allylic oxidation sites excluding steroid dienone is 7. The summed E-state index contributed by atoms with van der Waals surface area (Å²) >= 11 is 0. The lowest BCUT2D eigenvalue weighted by Crippen LogP contribution is -2.57. The largest absolute Gasteiger partial charge is 0.493 e. The fourth-order valence-corrected chi connectivity index (χ4v) is 5.05. The summed E-state index contributed by atoms with van der Waals surface area (Å²) in [5.41, 5.74) is 4.13. The molecule has 2 fully saturated rings. The molecule has 0 saturated carbocycles. The number of amidine groups is 1. The van der Waals surface area contributed by atoms with Crippen molar-refractivity contribution in [3.8, 4) is 0 Å². The van der Waals surface area contributed by atoms with E-state index in [1.54, 1.807) is 24.3 Å². The third kappa shape index (κ3) is 10.5. The van der Waals surface area contributed by atoms with Crippen molar-refractivity contribution in [2.45, 2.75) is 72.8 Å². The van der Waals surface area contributed by atoms with E-state index in [-0.39, 0.29) is 0 Å². The van der Waals surface area contributed by atoms with Gasteiger partial charge in [0, 0.05) is 50.7 Å². The topological polar surface area (TPSA) is 87.6 Å². The minimum atomic E-state index is 0.397. The number of amides is 1. The Kier molecular flexibility index (Phi) is 15.3. The number of carbonyl (C=O) groups excluding carboxylic acids is 1. The highest BCUT2D eigenvalue weighted by molar-refractivity contribution is 6.12. The van der Waals surface area contributed by atoms with Crippen molar-refractivity contribution in [2.75, 3.05) is 40.0 Å². The summed E-state index contributed by atoms with van der Waals surface area (Å²) in [6.07, 6.45) is 15.7. The maximum absolute atomic E-state index is 10.8. The molecule has 3 aliphatic rings. The fraction of sp³-hybridized carbons (Fsp3) is 0.594. The second kappa shape index (κ2) is 18.4. The van der Waals surface area contributed by atoms with E-state index in [1.807, 2.05) is 26.8 Å². The molecule has 0 radical (unpaired) electrons. The molecule has 3 aliphatic heterocycles. The van der Waals surface area contributed by atoms with E-state index < -0.39 is 0 Å². The van der Waals surface area contributed by atoms with E-state index in [2.05, 4.69) is 48.2 Å². The van der Waals surface area contributed by atoms with Gasteiger partial charge in [0.25, 0.3) is 0 Å². The Bertz CT molecular complexity index is 996. The molecule has 3 rings (SSSR count). The van der Waals surface area contributed by atoms with Gasteiger partial charge in [-0.3, -0.25) is 4.79 Å². The Morgan fingerprint density at radius 2 is 2.02 bits per heavy atom. The third-order valence-corrected chi connectivity index (χ3v) is 7.26. The molecule has 0 aromatic carbocycles. The third-order valence-electron chi connectivity index (χ3n) is 7.26. The number of aliphatic imine (C=N–C) groups is 2. The van der Waals surface area contributed by atoms with E-state index in [0.717, 1.165) is 93.5 Å². The van der Waals surface area contributed by atoms with Crippen LogP contribution in [0.25, 0.3) is 0 Å². The molecule has 2 N–H and O–H groups in total. The maximum atomic E-state index is 10.8. The van der Waals surface area contributed by atoms with Crippen LogP contribution in [0.3, 0.4) is 0 Å². The molecule has 40 heavy (non-hydrogen) atoms. The molecule has 1 unspecified atom stereocenters. The van der Waals surface area contributed by atoms with E-state index in [1.165, 1.54) is 5.70 Å². The van der Waals surface area contributed by atoms with Crippen molar-refractivity contribution in [3.05, 3.63) is 59.8 Å². The molecule has 1 amide bonds. The minimum absolute atomic E-state index is 0.397. The lowest BCUT2D eigenvalue weighted by atomic mass is 9.96. The van der Waals surface area contributed by atoms with E-state index in [4.69, 9.17) is 14.5 Å². The van der Waals surface area contributed by atoms with Gasteiger partial charge in [0.1, 0.15) is 0 Å². The fourth-order valence-electron chi connectivity index (χ4n) is 5.05. The Morgan fingerprint density at radius 1 is 1.32 bits per heavy atom. The number of carbonyl (C=O) groups is 1. The molecule has 222 valence electrons. The Balaban J connectivity index is 0.00000178. The van der Waals surface area contributed by atoms with Gasteiger partial charge in [-0.1, -0.05) is 31.2 Å². The van der Waals surface area contributed by atoms with Gasteiger partial charge in [-0.15, -0.1) is 6.58 Å². The number of methoxy groups -OCH3 is 1. The number of hydrogen-bond acceptors (Lipinski definition) is 6. The first-order valence-corrected chi connectivity index (χ1v) is 14.7. The summed E-state index contributed by atoms with van der Waals surface area (Å²) in [5, 5.41) is 7.21. The molecule has 0 aromatic rings. The molecule has 1 atom stereocenters. The van der Waals surface area contributed by atoms with Gasteiger partial charge in [0.2, 0.25) is 6.41 Å². The lowest BCUT2D eigenvalue weighted by molar-refractivity contribution is -0.122. The zero-order valence-electron chi connectivity index (χ0n) is 25.5. The van der Waals surface area contributed by atoms with Gasteiger partial charge >= 0.3 is 0 Å². The Morgan fingerprint density at radius 3 is 2.62 bits per heavy atom. The van der Waals surface area contributed by atoms with Crippen molar-refractivity contribution in [1.29, 1.82) is 0 Å². The summed E-state index contributed by atoms with van der Waals surface area (Å²) in [6, 6.07) is 0.409. The molecule has 0 aliphatic carbocycles. The molecule has 2 saturated heterocycles. The minimum Gasteiger partial charge on any atom is -0.493 e. The zero-order valence-corrected chi connectivity index (χ0v) is 25.5. The van der Waals surface area contributed by atoms with Crippen molar-refractivity contribution in [2.24, 2.45) is 21.8 Å². The summed E-state index contributed by atoms with van der Waals surface area (Å²) in [5.74, 6) is 2.38. The van der Waals surface area contributed by atoms with Crippen LogP contribution in [0, 0.1) is 11.8 Å². The summed E-state index contributed by atoms with van der Waals surface area (Å²) in [7, 11) is 1.71. The molecule has 8 heteroatoms. The van der Waals surface area contributed by atoms with Crippen LogP contribution in [0.5, 0.6) is 0 Å². The molecule has 3 heterocycles. The maximum Gasteiger partial charge on any atom is 0.209 e. The van der Waals surface area contributed by atoms with Gasteiger partial charge in [-0.2, -0.15) is 0 Å². The lowest BCUT2D eigenvalue weighted by Gasteiger charge is -2.37. The van der Waals surface area contributed by atoms with Crippen LogP contribution in [0.4, 0.5) is 0 Å². The average molecular weight is 554 g/mol. The predicted octanol–water partition coefficient (Wildman–Crippen LogP) is 5.53. The average Bonchev–Trinajstić information content (AvgIpc) is 3.08. The summed E-state index contributed by atoms with van der Waals surface area (Å²) in [6.45, 7) is 17.7. The number of ether oxygens (including phenoxy) is 2. The molecular weight excluding hydrogens is 502 g/mol. The first kappa shape index (κ1) is 33.2. The van der Waals surface area contributed by atoms with Crippen LogP contribution < -0.4 is 10.6 Å². The normalized spacial score (nSPS) is 21.2. The zero-order chi connectivity index (χ0) is 29.3. The monoisotopic (exact) mass is 553 g/mol. The number of hydrogen-bond donors (Lipinski definition) is 2. The molecule has 0 bridgehead atoms. The SMILES string of the molecule is C=CC.C\C=C/N=C(N=C1CC=C(C(CC)CCNC2CN(C=O)C2)NC(C)=C1OC)\C(C)=C\C1CCOCC1. The van der Waals surface area contributed by atoms with Gasteiger partial charge in [0.05, 0.1) is 18.5 Å². The molecule has 0 spiro atoms. The number of nitrogens with one attached hydrogen (secondary N) is 2. The Labute approximate surface area is 242 Å². The van der Waals surface area contributed by atoms with Crippen LogP contribution in [0.1, 0.15) is 66.7 Å². The van der Waals surface area contributed by atoms with E-state index in [9.17, 15) is 4.79 Å². The first-order chi connectivity index (χ1) is 19.4. The van der Waals surface area contributed by atoms with Gasteiger partial charge in [-0.05, 0) is 77.3 Å². The van der Waals surface area contributed by atoms with E-state index >= 15 is 0 Å². The molecule has 0 aromatic heterocycles. The predicted molar refractivity (Wildman–Crippen MR) is 166 cm³/mol. The number of likely N-dealkylation sites (tertiary alicyclic amines) is 1. The smallest absolute Gasteiger partial charge is 0.209 e. The van der Waals surface area contributed by atoms with Gasteiger partial charge in [-0.25, -0.2) is 9.98 Å². The highest BCUT2D eigenvalue weighted by Crippen LogP contribution is 2.25. The second-order valence-electron chi connectivity index (χ2n) is 10.5. The standard InChI is InChI=1S/C29H45N5O3.C3H6/c1-6-13-31-29(21(3)17-23-11-15-37-16-12-23)33-27-9-8-26(32-22(4)28(27)36-5)24(7-2)10-14-30-25-18-34(19-25)20-35;1-3-2/h6,8,13,17,20,23-25,30,32H,7,9-12,14-16,18-19H2,1-5H3;3H,1H2,2H3/b13-6-,21-17+,31-29+,33-27?;. The second-order valence-corrected chi connectivity index (χ2v) is 10.5. The van der Waals surface area contributed by atoms with Crippen molar-refractivity contribution in [1.82, 2.24) is 15.5 Å². The molecule has 8 nitrogen and oxygen atoms in total. The van der Waals surface area contributed by atoms with Crippen LogP contribution >= 0.6 is 0 Å². The van der Waals surface area contributed by atoms with Gasteiger partial charge in [0.15, 0.2) is 11.6 Å². The molecular formula is C32H51N5O3. The number of rotatable bonds is 11. The van der Waals surface area contributed by atoms with E-state index in [0.29, 0.717) is 24.3 Å². The highest BCUT2D eigenvalue weighted by Gasteiger charge is 2.25. The van der Waals surface area contributed by atoms with Gasteiger partial charge < -0.3 is 25.0 Å². The van der Waals surface area contributed by atoms with Crippen LogP contribution in [0.2, 0.25) is 0 Å².